The van der Waals surface area contributed by atoms with Crippen LogP contribution in [0.5, 0.6) is 0 Å². The molecule has 0 radical (unpaired) electrons. The van der Waals surface area contributed by atoms with Crippen LogP contribution in [0.3, 0.4) is 0 Å². The molecule has 134 valence electrons. The van der Waals surface area contributed by atoms with Crippen LogP contribution < -0.4 is 5.56 Å². The first-order valence-corrected chi connectivity index (χ1v) is 10.5. The summed E-state index contributed by atoms with van der Waals surface area (Å²) in [6, 6.07) is 9.81. The number of rotatable bonds is 6. The van der Waals surface area contributed by atoms with Gasteiger partial charge in [-0.3, -0.25) is 9.36 Å². The highest BCUT2D eigenvalue weighted by atomic mass is 32.2. The monoisotopic (exact) mass is 383 g/mol. The maximum Gasteiger partial charge on any atom is 0.263 e. The molecule has 0 saturated carbocycles. The first-order valence-electron chi connectivity index (χ1n) is 8.68. The molecule has 2 aromatic heterocycles. The van der Waals surface area contributed by atoms with Crippen molar-refractivity contribution in [2.45, 2.75) is 51.1 Å². The zero-order valence-electron chi connectivity index (χ0n) is 15.2. The number of thioether (sulfide) groups is 1. The van der Waals surface area contributed by atoms with E-state index in [0.717, 1.165) is 44.2 Å². The highest BCUT2D eigenvalue weighted by Crippen LogP contribution is 2.30. The van der Waals surface area contributed by atoms with Gasteiger partial charge in [0.15, 0.2) is 5.16 Å². The van der Waals surface area contributed by atoms with E-state index in [-0.39, 0.29) is 5.56 Å². The highest BCUT2D eigenvalue weighted by molar-refractivity contribution is 7.98. The zero-order chi connectivity index (χ0) is 18.7. The Morgan fingerprint density at radius 1 is 1.31 bits per heavy atom. The summed E-state index contributed by atoms with van der Waals surface area (Å²) in [5.41, 5.74) is 2.74. The Hall–Kier alpha value is -2.10. The third kappa shape index (κ3) is 3.55. The molecular weight excluding hydrogens is 362 g/mol. The molecule has 3 rings (SSSR count). The number of fused-ring (bicyclic) bond motifs is 1. The molecule has 0 amide bonds. The minimum Gasteiger partial charge on any atom is -0.287 e. The average molecular weight is 384 g/mol. The predicted octanol–water partition coefficient (Wildman–Crippen LogP) is 5.04. The van der Waals surface area contributed by atoms with Gasteiger partial charge in [-0.2, -0.15) is 5.26 Å². The lowest BCUT2D eigenvalue weighted by molar-refractivity contribution is 0.558. The van der Waals surface area contributed by atoms with Crippen LogP contribution in [-0.2, 0) is 12.3 Å². The summed E-state index contributed by atoms with van der Waals surface area (Å²) >= 11 is 3.11. The molecule has 0 spiro atoms. The fraction of sp³-hybridized carbons (Fsp3) is 0.350. The van der Waals surface area contributed by atoms with Gasteiger partial charge in [-0.15, -0.1) is 11.3 Å². The molecule has 0 unspecified atom stereocenters. The van der Waals surface area contributed by atoms with Crippen LogP contribution in [-0.4, -0.2) is 9.55 Å². The van der Waals surface area contributed by atoms with Gasteiger partial charge in [-0.05, 0) is 37.5 Å². The molecule has 26 heavy (non-hydrogen) atoms. The van der Waals surface area contributed by atoms with Crippen LogP contribution in [0.2, 0.25) is 0 Å². The summed E-state index contributed by atoms with van der Waals surface area (Å²) in [5.74, 6) is 0.622. The quantitative estimate of drug-likeness (QED) is 0.442. The minimum absolute atomic E-state index is 0.0568. The number of benzene rings is 1. The van der Waals surface area contributed by atoms with Gasteiger partial charge in [-0.25, -0.2) is 4.98 Å². The normalized spacial score (nSPS) is 11.0. The summed E-state index contributed by atoms with van der Waals surface area (Å²) in [5, 5.41) is 10.8. The molecule has 3 aromatic rings. The Morgan fingerprint density at radius 3 is 2.81 bits per heavy atom. The smallest absolute Gasteiger partial charge is 0.263 e. The van der Waals surface area contributed by atoms with E-state index in [0.29, 0.717) is 17.9 Å². The van der Waals surface area contributed by atoms with Crippen molar-refractivity contribution in [3.05, 3.63) is 56.2 Å². The van der Waals surface area contributed by atoms with Gasteiger partial charge in [0.1, 0.15) is 4.83 Å². The number of hydrogen-bond acceptors (Lipinski definition) is 5. The van der Waals surface area contributed by atoms with E-state index in [2.05, 4.69) is 13.0 Å². The first kappa shape index (κ1) is 18.7. The third-order valence-corrected chi connectivity index (χ3v) is 6.61. The van der Waals surface area contributed by atoms with Gasteiger partial charge in [0.25, 0.3) is 5.56 Å². The molecule has 4 nitrogen and oxygen atoms in total. The molecule has 0 aliphatic rings. The molecule has 6 heteroatoms. The van der Waals surface area contributed by atoms with Gasteiger partial charge in [0.05, 0.1) is 17.0 Å². The van der Waals surface area contributed by atoms with E-state index < -0.39 is 0 Å². The predicted molar refractivity (Wildman–Crippen MR) is 109 cm³/mol. The van der Waals surface area contributed by atoms with Crippen molar-refractivity contribution >= 4 is 33.3 Å². The third-order valence-electron chi connectivity index (χ3n) is 4.48. The highest BCUT2D eigenvalue weighted by Gasteiger charge is 2.17. The lowest BCUT2D eigenvalue weighted by Crippen LogP contribution is -2.23. The van der Waals surface area contributed by atoms with E-state index >= 15 is 0 Å². The molecule has 0 bridgehead atoms. The fourth-order valence-corrected chi connectivity index (χ4v) is 4.93. The second kappa shape index (κ2) is 8.07. The van der Waals surface area contributed by atoms with Crippen LogP contribution in [0, 0.1) is 25.2 Å². The van der Waals surface area contributed by atoms with Crippen molar-refractivity contribution < 1.29 is 0 Å². The Morgan fingerprint density at radius 2 is 2.08 bits per heavy atom. The lowest BCUT2D eigenvalue weighted by atomic mass is 10.1. The molecule has 0 atom stereocenters. The maximum atomic E-state index is 13.1. The Bertz CT molecular complexity index is 1040. The largest absolute Gasteiger partial charge is 0.287 e. The van der Waals surface area contributed by atoms with Crippen molar-refractivity contribution in [3.8, 4) is 6.07 Å². The van der Waals surface area contributed by atoms with Crippen LogP contribution >= 0.6 is 23.1 Å². The van der Waals surface area contributed by atoms with Gasteiger partial charge in [-0.1, -0.05) is 43.3 Å². The number of hydrogen-bond donors (Lipinski definition) is 0. The van der Waals surface area contributed by atoms with Gasteiger partial charge >= 0.3 is 0 Å². The Kier molecular flexibility index (Phi) is 5.80. The van der Waals surface area contributed by atoms with Crippen LogP contribution in [0.4, 0.5) is 0 Å². The molecule has 0 aliphatic carbocycles. The van der Waals surface area contributed by atoms with E-state index in [1.807, 2.05) is 42.7 Å². The van der Waals surface area contributed by atoms with Crippen molar-refractivity contribution in [1.29, 1.82) is 5.26 Å². The number of nitrogens with zero attached hydrogens (tertiary/aromatic N) is 3. The number of nitriles is 1. The van der Waals surface area contributed by atoms with E-state index in [9.17, 15) is 10.1 Å². The number of aromatic nitrogens is 2. The Balaban J connectivity index is 2.03. The molecule has 2 heterocycles. The molecule has 1 aromatic carbocycles. The molecule has 0 fully saturated rings. The molecular formula is C20H21N3OS2. The summed E-state index contributed by atoms with van der Waals surface area (Å²) in [4.78, 5) is 19.8. The SMILES string of the molecule is CCCCn1c(SCc2ccccc2C#N)nc2sc(C)c(C)c2c1=O. The Labute approximate surface area is 161 Å². The second-order valence-corrected chi connectivity index (χ2v) is 8.37. The van der Waals surface area contributed by atoms with Crippen molar-refractivity contribution in [1.82, 2.24) is 9.55 Å². The fourth-order valence-electron chi connectivity index (χ4n) is 2.83. The lowest BCUT2D eigenvalue weighted by Gasteiger charge is -2.12. The summed E-state index contributed by atoms with van der Waals surface area (Å²) in [6.45, 7) is 6.83. The van der Waals surface area contributed by atoms with Crippen molar-refractivity contribution in [2.24, 2.45) is 0 Å². The molecule has 0 aliphatic heterocycles. The first-order chi connectivity index (χ1) is 12.6. The van der Waals surface area contributed by atoms with Gasteiger partial charge < -0.3 is 0 Å². The van der Waals surface area contributed by atoms with Crippen LogP contribution in [0.25, 0.3) is 10.2 Å². The minimum atomic E-state index is 0.0568. The average Bonchev–Trinajstić information content (AvgIpc) is 2.93. The van der Waals surface area contributed by atoms with Crippen LogP contribution in [0.15, 0.2) is 34.2 Å². The van der Waals surface area contributed by atoms with Gasteiger partial charge in [0.2, 0.25) is 0 Å². The number of thiophene rings is 1. The zero-order valence-corrected chi connectivity index (χ0v) is 16.8. The summed E-state index contributed by atoms with van der Waals surface area (Å²) in [6.07, 6.45) is 1.96. The number of unbranched alkanes of at least 4 members (excludes halogenated alkanes) is 1. The standard InChI is InChI=1S/C20H21N3OS2/c1-4-5-10-23-19(24)17-13(2)14(3)26-18(17)22-20(23)25-12-16-9-7-6-8-15(16)11-21/h6-9H,4-5,10,12H2,1-3H3. The maximum absolute atomic E-state index is 13.1. The summed E-state index contributed by atoms with van der Waals surface area (Å²) < 4.78 is 1.81. The summed E-state index contributed by atoms with van der Waals surface area (Å²) in [7, 11) is 0. The van der Waals surface area contributed by atoms with Crippen molar-refractivity contribution in [2.75, 3.05) is 0 Å². The van der Waals surface area contributed by atoms with E-state index in [1.54, 1.807) is 11.3 Å². The van der Waals surface area contributed by atoms with E-state index in [1.165, 1.54) is 11.8 Å². The topological polar surface area (TPSA) is 58.7 Å². The number of aryl methyl sites for hydroxylation is 2. The van der Waals surface area contributed by atoms with Crippen molar-refractivity contribution in [3.63, 3.8) is 0 Å². The molecule has 0 N–H and O–H groups in total. The molecule has 0 saturated heterocycles. The second-order valence-electron chi connectivity index (χ2n) is 6.23. The van der Waals surface area contributed by atoms with Gasteiger partial charge in [0, 0.05) is 17.2 Å². The van der Waals surface area contributed by atoms with Crippen LogP contribution in [0.1, 0.15) is 41.3 Å². The van der Waals surface area contributed by atoms with E-state index in [4.69, 9.17) is 4.98 Å².